The Bertz CT molecular complexity index is 519. The Hall–Kier alpha value is -0.620. The number of nitrogens with two attached hydrogens (primary N) is 1. The second-order valence-corrected chi connectivity index (χ2v) is 7.45. The highest BCUT2D eigenvalue weighted by Crippen LogP contribution is 2.34. The van der Waals surface area contributed by atoms with Crippen molar-refractivity contribution in [2.24, 2.45) is 0 Å². The van der Waals surface area contributed by atoms with Gasteiger partial charge in [0.25, 0.3) is 0 Å². The molecule has 1 aromatic carbocycles. The van der Waals surface area contributed by atoms with Gasteiger partial charge in [0, 0.05) is 16.9 Å². The largest absolute Gasteiger partial charge is 0.397 e. The van der Waals surface area contributed by atoms with Crippen LogP contribution in [0.25, 0.3) is 0 Å². The van der Waals surface area contributed by atoms with E-state index in [9.17, 15) is 4.79 Å². The molecule has 1 saturated heterocycles. The van der Waals surface area contributed by atoms with Gasteiger partial charge in [-0.15, -0.1) is 11.8 Å². The summed E-state index contributed by atoms with van der Waals surface area (Å²) in [7, 11) is 0. The van der Waals surface area contributed by atoms with Crippen LogP contribution in [0.2, 0.25) is 10.0 Å². The van der Waals surface area contributed by atoms with Crippen LogP contribution in [-0.2, 0) is 9.53 Å². The summed E-state index contributed by atoms with van der Waals surface area (Å²) in [6, 6.07) is 3.12. The molecule has 0 aromatic heterocycles. The van der Waals surface area contributed by atoms with E-state index in [1.54, 1.807) is 23.9 Å². The standard InChI is InChI=1S/C14H18Cl2N2O2S/c1-7-12(3-4-20-7)21-8(2)14(19)18-13-10(16)5-9(15)6-11(13)17/h5-8,12H,3-4,17H2,1-2H3,(H,18,19). The van der Waals surface area contributed by atoms with E-state index < -0.39 is 0 Å². The normalized spacial score (nSPS) is 23.0. The Labute approximate surface area is 138 Å². The molecule has 1 aromatic rings. The van der Waals surface area contributed by atoms with E-state index in [4.69, 9.17) is 33.7 Å². The second kappa shape index (κ2) is 7.09. The molecule has 0 spiro atoms. The van der Waals surface area contributed by atoms with Gasteiger partial charge >= 0.3 is 0 Å². The molecule has 4 nitrogen and oxygen atoms in total. The molecule has 0 aliphatic carbocycles. The Morgan fingerprint density at radius 2 is 2.24 bits per heavy atom. The van der Waals surface area contributed by atoms with E-state index in [0.717, 1.165) is 13.0 Å². The zero-order valence-electron chi connectivity index (χ0n) is 11.9. The summed E-state index contributed by atoms with van der Waals surface area (Å²) in [6.45, 7) is 4.65. The van der Waals surface area contributed by atoms with Crippen LogP contribution >= 0.6 is 35.0 Å². The number of nitrogen functional groups attached to an aromatic ring is 1. The first-order valence-corrected chi connectivity index (χ1v) is 8.40. The molecule has 1 fully saturated rings. The molecular formula is C14H18Cl2N2O2S. The SMILES string of the molecule is CC(SC1CCOC1C)C(=O)Nc1c(N)cc(Cl)cc1Cl. The van der Waals surface area contributed by atoms with Crippen molar-refractivity contribution >= 4 is 52.2 Å². The van der Waals surface area contributed by atoms with E-state index in [0.29, 0.717) is 26.7 Å². The summed E-state index contributed by atoms with van der Waals surface area (Å²) >= 11 is 13.5. The van der Waals surface area contributed by atoms with Crippen molar-refractivity contribution in [2.45, 2.75) is 36.9 Å². The molecule has 0 radical (unpaired) electrons. The number of ether oxygens (including phenoxy) is 1. The second-order valence-electron chi connectivity index (χ2n) is 5.02. The first kappa shape index (κ1) is 16.7. The minimum absolute atomic E-state index is 0.130. The van der Waals surface area contributed by atoms with Gasteiger partial charge in [0.05, 0.1) is 27.8 Å². The number of halogens is 2. The quantitative estimate of drug-likeness (QED) is 0.812. The van der Waals surface area contributed by atoms with Gasteiger partial charge in [0.2, 0.25) is 5.91 Å². The summed E-state index contributed by atoms with van der Waals surface area (Å²) in [5.74, 6) is -0.130. The minimum atomic E-state index is -0.217. The Morgan fingerprint density at radius 1 is 1.52 bits per heavy atom. The highest BCUT2D eigenvalue weighted by atomic mass is 35.5. The van der Waals surface area contributed by atoms with Crippen molar-refractivity contribution in [2.75, 3.05) is 17.7 Å². The summed E-state index contributed by atoms with van der Waals surface area (Å²) in [4.78, 5) is 12.3. The van der Waals surface area contributed by atoms with Gasteiger partial charge in [-0.05, 0) is 32.4 Å². The Balaban J connectivity index is 2.01. The van der Waals surface area contributed by atoms with Gasteiger partial charge in [-0.1, -0.05) is 23.2 Å². The van der Waals surface area contributed by atoms with Crippen LogP contribution in [0.3, 0.4) is 0 Å². The third-order valence-corrected chi connectivity index (χ3v) is 5.50. The lowest BCUT2D eigenvalue weighted by atomic mass is 10.2. The van der Waals surface area contributed by atoms with E-state index >= 15 is 0 Å². The third kappa shape index (κ3) is 4.19. The van der Waals surface area contributed by atoms with E-state index in [1.807, 2.05) is 13.8 Å². The number of anilines is 2. The molecule has 116 valence electrons. The topological polar surface area (TPSA) is 64.3 Å². The number of carbonyl (C=O) groups excluding carboxylic acids is 1. The molecule has 1 aliphatic heterocycles. The van der Waals surface area contributed by atoms with Crippen LogP contribution in [-0.4, -0.2) is 29.1 Å². The summed E-state index contributed by atoms with van der Waals surface area (Å²) in [6.07, 6.45) is 1.14. The fraction of sp³-hybridized carbons (Fsp3) is 0.500. The van der Waals surface area contributed by atoms with Crippen LogP contribution < -0.4 is 11.1 Å². The zero-order valence-corrected chi connectivity index (χ0v) is 14.2. The predicted octanol–water partition coefficient (Wildman–Crippen LogP) is 3.81. The van der Waals surface area contributed by atoms with Crippen molar-refractivity contribution in [1.82, 2.24) is 0 Å². The molecule has 1 heterocycles. The lowest BCUT2D eigenvalue weighted by molar-refractivity contribution is -0.115. The number of hydrogen-bond donors (Lipinski definition) is 2. The van der Waals surface area contributed by atoms with Gasteiger partial charge in [-0.2, -0.15) is 0 Å². The first-order chi connectivity index (χ1) is 9.88. The number of carbonyl (C=O) groups is 1. The third-order valence-electron chi connectivity index (χ3n) is 3.39. The fourth-order valence-electron chi connectivity index (χ4n) is 2.17. The summed E-state index contributed by atoms with van der Waals surface area (Å²) < 4.78 is 5.51. The van der Waals surface area contributed by atoms with Crippen molar-refractivity contribution in [3.63, 3.8) is 0 Å². The van der Waals surface area contributed by atoms with Crippen molar-refractivity contribution < 1.29 is 9.53 Å². The molecule has 0 saturated carbocycles. The summed E-state index contributed by atoms with van der Waals surface area (Å²) in [5, 5.41) is 3.67. The maximum Gasteiger partial charge on any atom is 0.237 e. The zero-order chi connectivity index (χ0) is 15.6. The molecule has 3 unspecified atom stereocenters. The highest BCUT2D eigenvalue weighted by Gasteiger charge is 2.29. The lowest BCUT2D eigenvalue weighted by Gasteiger charge is -2.19. The molecule has 3 N–H and O–H groups in total. The molecule has 7 heteroatoms. The summed E-state index contributed by atoms with van der Waals surface area (Å²) in [5.41, 5.74) is 6.61. The number of nitrogens with one attached hydrogen (secondary N) is 1. The van der Waals surface area contributed by atoms with Crippen molar-refractivity contribution in [3.8, 4) is 0 Å². The maximum atomic E-state index is 12.3. The number of hydrogen-bond acceptors (Lipinski definition) is 4. The van der Waals surface area contributed by atoms with Crippen molar-refractivity contribution in [3.05, 3.63) is 22.2 Å². The number of amides is 1. The minimum Gasteiger partial charge on any atom is -0.397 e. The van der Waals surface area contributed by atoms with Crippen molar-refractivity contribution in [1.29, 1.82) is 0 Å². The van der Waals surface area contributed by atoms with Crippen LogP contribution in [0.1, 0.15) is 20.3 Å². The smallest absolute Gasteiger partial charge is 0.237 e. The van der Waals surface area contributed by atoms with Crippen LogP contribution in [0.5, 0.6) is 0 Å². The fourth-order valence-corrected chi connectivity index (χ4v) is 3.96. The molecule has 21 heavy (non-hydrogen) atoms. The Morgan fingerprint density at radius 3 is 2.81 bits per heavy atom. The molecule has 2 rings (SSSR count). The maximum absolute atomic E-state index is 12.3. The van der Waals surface area contributed by atoms with E-state index in [1.165, 1.54) is 0 Å². The first-order valence-electron chi connectivity index (χ1n) is 6.71. The lowest BCUT2D eigenvalue weighted by Crippen LogP contribution is -2.27. The number of rotatable bonds is 4. The highest BCUT2D eigenvalue weighted by molar-refractivity contribution is 8.01. The average molecular weight is 349 g/mol. The van der Waals surface area contributed by atoms with Crippen LogP contribution in [0.15, 0.2) is 12.1 Å². The molecular weight excluding hydrogens is 331 g/mol. The van der Waals surface area contributed by atoms with Gasteiger partial charge in [0.15, 0.2) is 0 Å². The van der Waals surface area contributed by atoms with E-state index in [-0.39, 0.29) is 17.3 Å². The van der Waals surface area contributed by atoms with E-state index in [2.05, 4.69) is 5.32 Å². The van der Waals surface area contributed by atoms with Gasteiger partial charge in [0.1, 0.15) is 0 Å². The van der Waals surface area contributed by atoms with Crippen LogP contribution in [0.4, 0.5) is 11.4 Å². The monoisotopic (exact) mass is 348 g/mol. The molecule has 0 bridgehead atoms. The average Bonchev–Trinajstić information content (AvgIpc) is 2.79. The van der Waals surface area contributed by atoms with Gasteiger partial charge in [-0.3, -0.25) is 4.79 Å². The van der Waals surface area contributed by atoms with Gasteiger partial charge in [-0.25, -0.2) is 0 Å². The Kier molecular flexibility index (Phi) is 5.66. The molecule has 3 atom stereocenters. The molecule has 1 amide bonds. The predicted molar refractivity (Wildman–Crippen MR) is 90.4 cm³/mol. The number of benzene rings is 1. The van der Waals surface area contributed by atoms with Crippen LogP contribution in [0, 0.1) is 0 Å². The molecule has 1 aliphatic rings. The van der Waals surface area contributed by atoms with Gasteiger partial charge < -0.3 is 15.8 Å². The number of thioether (sulfide) groups is 1.